The first-order chi connectivity index (χ1) is 9.41. The fraction of sp³-hybridized carbons (Fsp3) is 0.385. The molecule has 0 bridgehead atoms. The van der Waals surface area contributed by atoms with Crippen LogP contribution in [0.5, 0.6) is 0 Å². The molecule has 0 aliphatic heterocycles. The molecule has 20 heavy (non-hydrogen) atoms. The zero-order chi connectivity index (χ0) is 15.1. The maximum atomic E-state index is 11.7. The van der Waals surface area contributed by atoms with Gasteiger partial charge in [-0.25, -0.2) is 0 Å². The maximum absolute atomic E-state index is 11.7. The van der Waals surface area contributed by atoms with E-state index in [-0.39, 0.29) is 23.5 Å². The lowest BCUT2D eigenvalue weighted by atomic mass is 10.1. The Morgan fingerprint density at radius 2 is 2.10 bits per heavy atom. The molecule has 1 unspecified atom stereocenters. The molecule has 0 heterocycles. The molecule has 1 rings (SSSR count). The first-order valence-electron chi connectivity index (χ1n) is 6.01. The Bertz CT molecular complexity index is 484. The minimum absolute atomic E-state index is 0.162. The van der Waals surface area contributed by atoms with Crippen LogP contribution < -0.4 is 11.1 Å². The van der Waals surface area contributed by atoms with Crippen LogP contribution in [0.15, 0.2) is 24.3 Å². The number of halogens is 1. The third kappa shape index (κ3) is 5.40. The number of aliphatic carboxylic acids is 1. The van der Waals surface area contributed by atoms with Gasteiger partial charge in [-0.3, -0.25) is 9.59 Å². The summed E-state index contributed by atoms with van der Waals surface area (Å²) < 4.78 is 0. The highest BCUT2D eigenvalue weighted by molar-refractivity contribution is 8.00. The standard InChI is InChI=1S/C13H17ClN2O3S/c1-8(9-4-2-3-5-10(9)14)16-12(17)7-20-6-11(15)13(18)19/h2-5,8,11H,6-7,15H2,1H3,(H,16,17)(H,18,19)/t8?,11-/m0/s1. The topological polar surface area (TPSA) is 92.4 Å². The van der Waals surface area contributed by atoms with E-state index in [0.29, 0.717) is 5.02 Å². The Kier molecular flexibility index (Phi) is 6.84. The van der Waals surface area contributed by atoms with Gasteiger partial charge >= 0.3 is 5.97 Å². The predicted octanol–water partition coefficient (Wildman–Crippen LogP) is 1.66. The molecular weight excluding hydrogens is 300 g/mol. The molecule has 110 valence electrons. The van der Waals surface area contributed by atoms with Crippen LogP contribution in [0.2, 0.25) is 5.02 Å². The van der Waals surface area contributed by atoms with Crippen molar-refractivity contribution in [1.29, 1.82) is 0 Å². The van der Waals surface area contributed by atoms with E-state index in [1.165, 1.54) is 11.8 Å². The number of amides is 1. The van der Waals surface area contributed by atoms with Crippen LogP contribution in [-0.4, -0.2) is 34.5 Å². The Hall–Kier alpha value is -1.24. The molecule has 0 radical (unpaired) electrons. The number of nitrogens with one attached hydrogen (secondary N) is 1. The van der Waals surface area contributed by atoms with Gasteiger partial charge in [0.05, 0.1) is 11.8 Å². The predicted molar refractivity (Wildman–Crippen MR) is 80.9 cm³/mol. The molecular formula is C13H17ClN2O3S. The van der Waals surface area contributed by atoms with E-state index in [1.807, 2.05) is 25.1 Å². The molecule has 1 aromatic carbocycles. The smallest absolute Gasteiger partial charge is 0.321 e. The molecule has 0 aliphatic rings. The van der Waals surface area contributed by atoms with Gasteiger partial charge < -0.3 is 16.2 Å². The summed E-state index contributed by atoms with van der Waals surface area (Å²) in [6.45, 7) is 1.84. The summed E-state index contributed by atoms with van der Waals surface area (Å²) >= 11 is 7.23. The molecule has 2 atom stereocenters. The van der Waals surface area contributed by atoms with E-state index in [4.69, 9.17) is 22.4 Å². The number of carboxylic acid groups (broad SMARTS) is 1. The van der Waals surface area contributed by atoms with E-state index in [0.717, 1.165) is 5.56 Å². The van der Waals surface area contributed by atoms with Crippen molar-refractivity contribution in [2.24, 2.45) is 5.73 Å². The van der Waals surface area contributed by atoms with E-state index < -0.39 is 12.0 Å². The van der Waals surface area contributed by atoms with Crippen molar-refractivity contribution in [3.63, 3.8) is 0 Å². The maximum Gasteiger partial charge on any atom is 0.321 e. The molecule has 0 saturated carbocycles. The molecule has 0 aromatic heterocycles. The zero-order valence-corrected chi connectivity index (χ0v) is 12.6. The van der Waals surface area contributed by atoms with Crippen LogP contribution in [0.4, 0.5) is 0 Å². The lowest BCUT2D eigenvalue weighted by Crippen LogP contribution is -2.34. The molecule has 1 aromatic rings. The number of carbonyl (C=O) groups is 2. The number of rotatable bonds is 7. The number of benzene rings is 1. The molecule has 4 N–H and O–H groups in total. The first-order valence-corrected chi connectivity index (χ1v) is 7.55. The summed E-state index contributed by atoms with van der Waals surface area (Å²) in [5, 5.41) is 12.0. The Labute approximate surface area is 126 Å². The van der Waals surface area contributed by atoms with Gasteiger partial charge in [-0.05, 0) is 18.6 Å². The van der Waals surface area contributed by atoms with Gasteiger partial charge in [0.2, 0.25) is 5.91 Å². The van der Waals surface area contributed by atoms with E-state index >= 15 is 0 Å². The normalized spacial score (nSPS) is 13.6. The summed E-state index contributed by atoms with van der Waals surface area (Å²) in [6, 6.07) is 6.13. The fourth-order valence-electron chi connectivity index (χ4n) is 1.54. The second-order valence-corrected chi connectivity index (χ2v) is 5.71. The van der Waals surface area contributed by atoms with Crippen LogP contribution in [0, 0.1) is 0 Å². The van der Waals surface area contributed by atoms with Crippen molar-refractivity contribution in [1.82, 2.24) is 5.32 Å². The molecule has 1 amide bonds. The number of thioether (sulfide) groups is 1. The molecule has 7 heteroatoms. The monoisotopic (exact) mass is 316 g/mol. The van der Waals surface area contributed by atoms with Crippen LogP contribution in [0.3, 0.4) is 0 Å². The highest BCUT2D eigenvalue weighted by Crippen LogP contribution is 2.22. The van der Waals surface area contributed by atoms with Crippen molar-refractivity contribution >= 4 is 35.2 Å². The molecule has 0 fully saturated rings. The third-order valence-electron chi connectivity index (χ3n) is 2.60. The number of nitrogens with two attached hydrogens (primary N) is 1. The Morgan fingerprint density at radius 3 is 2.70 bits per heavy atom. The lowest BCUT2D eigenvalue weighted by molar-refractivity contribution is -0.138. The molecule has 5 nitrogen and oxygen atoms in total. The summed E-state index contributed by atoms with van der Waals surface area (Å²) in [5.74, 6) is -0.888. The van der Waals surface area contributed by atoms with Gasteiger partial charge in [-0.1, -0.05) is 29.8 Å². The SMILES string of the molecule is CC(NC(=O)CSC[C@H](N)C(=O)O)c1ccccc1Cl. The quantitative estimate of drug-likeness (QED) is 0.711. The number of carboxylic acids is 1. The van der Waals surface area contributed by atoms with Crippen LogP contribution in [0.1, 0.15) is 18.5 Å². The van der Waals surface area contributed by atoms with Gasteiger partial charge in [0.25, 0.3) is 0 Å². The Balaban J connectivity index is 2.39. The van der Waals surface area contributed by atoms with Crippen molar-refractivity contribution in [2.45, 2.75) is 19.0 Å². The Morgan fingerprint density at radius 1 is 1.45 bits per heavy atom. The van der Waals surface area contributed by atoms with E-state index in [2.05, 4.69) is 5.32 Å². The van der Waals surface area contributed by atoms with Gasteiger partial charge in [-0.15, -0.1) is 11.8 Å². The highest BCUT2D eigenvalue weighted by atomic mass is 35.5. The van der Waals surface area contributed by atoms with E-state index in [1.54, 1.807) is 6.07 Å². The summed E-state index contributed by atoms with van der Waals surface area (Å²) in [5.41, 5.74) is 6.19. The number of hydrogen-bond donors (Lipinski definition) is 3. The molecule has 0 spiro atoms. The fourth-order valence-corrected chi connectivity index (χ4v) is 2.62. The van der Waals surface area contributed by atoms with E-state index in [9.17, 15) is 9.59 Å². The van der Waals surface area contributed by atoms with Crippen LogP contribution >= 0.6 is 23.4 Å². The van der Waals surface area contributed by atoms with Gasteiger partial charge in [0, 0.05) is 10.8 Å². The third-order valence-corrected chi connectivity index (χ3v) is 4.00. The van der Waals surface area contributed by atoms with Crippen molar-refractivity contribution in [3.8, 4) is 0 Å². The second kappa shape index (κ2) is 8.14. The van der Waals surface area contributed by atoms with Crippen molar-refractivity contribution in [3.05, 3.63) is 34.9 Å². The van der Waals surface area contributed by atoms with Gasteiger partial charge in [-0.2, -0.15) is 0 Å². The van der Waals surface area contributed by atoms with Crippen LogP contribution in [-0.2, 0) is 9.59 Å². The zero-order valence-electron chi connectivity index (χ0n) is 11.0. The minimum Gasteiger partial charge on any atom is -0.480 e. The largest absolute Gasteiger partial charge is 0.480 e. The average Bonchev–Trinajstić information content (AvgIpc) is 2.38. The van der Waals surface area contributed by atoms with Crippen molar-refractivity contribution < 1.29 is 14.7 Å². The summed E-state index contributed by atoms with van der Waals surface area (Å²) in [7, 11) is 0. The number of carbonyl (C=O) groups excluding carboxylic acids is 1. The lowest BCUT2D eigenvalue weighted by Gasteiger charge is -2.15. The summed E-state index contributed by atoms with van der Waals surface area (Å²) in [4.78, 5) is 22.2. The van der Waals surface area contributed by atoms with Gasteiger partial charge in [0.1, 0.15) is 6.04 Å². The summed E-state index contributed by atoms with van der Waals surface area (Å²) in [6.07, 6.45) is 0. The molecule has 0 aliphatic carbocycles. The highest BCUT2D eigenvalue weighted by Gasteiger charge is 2.14. The second-order valence-electron chi connectivity index (χ2n) is 4.27. The number of hydrogen-bond acceptors (Lipinski definition) is 4. The van der Waals surface area contributed by atoms with Gasteiger partial charge in [0.15, 0.2) is 0 Å². The first kappa shape index (κ1) is 16.8. The molecule has 0 saturated heterocycles. The average molecular weight is 317 g/mol. The van der Waals surface area contributed by atoms with Crippen LogP contribution in [0.25, 0.3) is 0 Å². The minimum atomic E-state index is -1.07. The van der Waals surface area contributed by atoms with Crippen molar-refractivity contribution in [2.75, 3.05) is 11.5 Å².